The Hall–Kier alpha value is -0.0800. The Bertz CT molecular complexity index is 138. The summed E-state index contributed by atoms with van der Waals surface area (Å²) in [6, 6.07) is 0. The Morgan fingerprint density at radius 2 is 2.00 bits per heavy atom. The van der Waals surface area contributed by atoms with Gasteiger partial charge in [-0.1, -0.05) is 0 Å². The van der Waals surface area contributed by atoms with Gasteiger partial charge in [0.25, 0.3) is 0 Å². The van der Waals surface area contributed by atoms with Crippen LogP contribution in [-0.2, 0) is 0 Å². The lowest BCUT2D eigenvalue weighted by molar-refractivity contribution is -0.0172. The summed E-state index contributed by atoms with van der Waals surface area (Å²) < 4.78 is 0. The Kier molecular flexibility index (Phi) is 1.90. The number of hydrogen-bond acceptors (Lipinski definition) is 2. The largest absolute Gasteiger partial charge is 0.393 e. The average molecular weight is 155 g/mol. The monoisotopic (exact) mass is 155 g/mol. The van der Waals surface area contributed by atoms with Crippen LogP contribution in [0.3, 0.4) is 0 Å². The molecule has 2 atom stereocenters. The fourth-order valence-corrected chi connectivity index (χ4v) is 2.56. The quantitative estimate of drug-likeness (QED) is 0.603. The number of rotatable bonds is 1. The summed E-state index contributed by atoms with van der Waals surface area (Å²) >= 11 is 0. The highest BCUT2D eigenvalue weighted by Gasteiger charge is 2.36. The molecule has 64 valence electrons. The van der Waals surface area contributed by atoms with Crippen molar-refractivity contribution in [2.75, 3.05) is 19.6 Å². The van der Waals surface area contributed by atoms with E-state index in [0.29, 0.717) is 5.92 Å². The van der Waals surface area contributed by atoms with Crippen LogP contribution in [0.5, 0.6) is 0 Å². The molecular formula is C9H17NO. The molecule has 3 saturated heterocycles. The van der Waals surface area contributed by atoms with Crippen LogP contribution in [0.2, 0.25) is 0 Å². The molecule has 3 rings (SSSR count). The Balaban J connectivity index is 2.03. The molecule has 2 bridgehead atoms. The zero-order valence-corrected chi connectivity index (χ0v) is 7.16. The summed E-state index contributed by atoms with van der Waals surface area (Å²) in [6.07, 6.45) is 2.54. The lowest BCUT2D eigenvalue weighted by Crippen LogP contribution is -2.50. The first-order valence-electron chi connectivity index (χ1n) is 4.68. The van der Waals surface area contributed by atoms with E-state index in [4.69, 9.17) is 0 Å². The number of piperidine rings is 3. The highest BCUT2D eigenvalue weighted by atomic mass is 16.3. The van der Waals surface area contributed by atoms with E-state index in [2.05, 4.69) is 4.90 Å². The Labute approximate surface area is 68.2 Å². The molecule has 3 aliphatic rings. The van der Waals surface area contributed by atoms with Gasteiger partial charge in [0.1, 0.15) is 0 Å². The second-order valence-corrected chi connectivity index (χ2v) is 4.04. The van der Waals surface area contributed by atoms with E-state index >= 15 is 0 Å². The first-order chi connectivity index (χ1) is 5.27. The van der Waals surface area contributed by atoms with E-state index in [-0.39, 0.29) is 6.10 Å². The van der Waals surface area contributed by atoms with Gasteiger partial charge in [-0.3, -0.25) is 0 Å². The van der Waals surface area contributed by atoms with Crippen LogP contribution in [-0.4, -0.2) is 35.7 Å². The lowest BCUT2D eigenvalue weighted by atomic mass is 9.77. The summed E-state index contributed by atoms with van der Waals surface area (Å²) in [5.41, 5.74) is 0. The van der Waals surface area contributed by atoms with Gasteiger partial charge in [-0.25, -0.2) is 0 Å². The predicted octanol–water partition coefficient (Wildman–Crippen LogP) is 0.709. The number of aliphatic hydroxyl groups excluding tert-OH is 1. The van der Waals surface area contributed by atoms with Crippen molar-refractivity contribution in [1.82, 2.24) is 4.90 Å². The molecule has 0 radical (unpaired) electrons. The molecule has 1 N–H and O–H groups in total. The van der Waals surface area contributed by atoms with Crippen molar-refractivity contribution in [3.8, 4) is 0 Å². The van der Waals surface area contributed by atoms with E-state index in [9.17, 15) is 5.11 Å². The maximum absolute atomic E-state index is 9.47. The first kappa shape index (κ1) is 7.56. The fourth-order valence-electron chi connectivity index (χ4n) is 2.56. The van der Waals surface area contributed by atoms with Crippen LogP contribution in [0.25, 0.3) is 0 Å². The molecule has 0 aromatic carbocycles. The lowest BCUT2D eigenvalue weighted by Gasteiger charge is -2.45. The summed E-state index contributed by atoms with van der Waals surface area (Å²) in [5, 5.41) is 9.47. The second-order valence-electron chi connectivity index (χ2n) is 4.04. The highest BCUT2D eigenvalue weighted by Crippen LogP contribution is 2.33. The van der Waals surface area contributed by atoms with Gasteiger partial charge >= 0.3 is 0 Å². The van der Waals surface area contributed by atoms with Crippen LogP contribution in [0, 0.1) is 11.8 Å². The maximum atomic E-state index is 9.47. The average Bonchev–Trinajstić information content (AvgIpc) is 2.06. The molecule has 0 aliphatic carbocycles. The van der Waals surface area contributed by atoms with Crippen LogP contribution in [0.15, 0.2) is 0 Å². The first-order valence-corrected chi connectivity index (χ1v) is 4.68. The maximum Gasteiger partial charge on any atom is 0.0555 e. The van der Waals surface area contributed by atoms with E-state index in [1.54, 1.807) is 0 Å². The van der Waals surface area contributed by atoms with Crippen molar-refractivity contribution in [1.29, 1.82) is 0 Å². The van der Waals surface area contributed by atoms with Crippen molar-refractivity contribution in [3.63, 3.8) is 0 Å². The molecule has 0 spiro atoms. The van der Waals surface area contributed by atoms with Crippen LogP contribution < -0.4 is 0 Å². The molecule has 3 aliphatic heterocycles. The topological polar surface area (TPSA) is 23.5 Å². The fraction of sp³-hybridized carbons (Fsp3) is 1.00. The third kappa shape index (κ3) is 1.30. The van der Waals surface area contributed by atoms with E-state index < -0.39 is 0 Å². The molecule has 11 heavy (non-hydrogen) atoms. The zero-order valence-electron chi connectivity index (χ0n) is 7.16. The molecule has 0 aromatic rings. The van der Waals surface area contributed by atoms with Gasteiger partial charge in [0.15, 0.2) is 0 Å². The minimum Gasteiger partial charge on any atom is -0.393 e. The van der Waals surface area contributed by atoms with Gasteiger partial charge in [-0.05, 0) is 38.8 Å². The smallest absolute Gasteiger partial charge is 0.0555 e. The standard InChI is InChI=1S/C9H17NO/c1-7(11)9-6-10-4-2-8(9)3-5-10/h7-9,11H,2-6H2,1H3/t7-,9+/m0/s1. The number of fused-ring (bicyclic) bond motifs is 3. The van der Waals surface area contributed by atoms with Crippen molar-refractivity contribution in [2.45, 2.75) is 25.9 Å². The molecule has 0 aromatic heterocycles. The molecule has 0 saturated carbocycles. The molecule has 2 heteroatoms. The number of hydrogen-bond donors (Lipinski definition) is 1. The minimum atomic E-state index is -0.0944. The van der Waals surface area contributed by atoms with E-state index in [1.165, 1.54) is 25.9 Å². The summed E-state index contributed by atoms with van der Waals surface area (Å²) in [4.78, 5) is 2.48. The third-order valence-corrected chi connectivity index (χ3v) is 3.33. The highest BCUT2D eigenvalue weighted by molar-refractivity contribution is 4.88. The van der Waals surface area contributed by atoms with Gasteiger partial charge in [-0.15, -0.1) is 0 Å². The normalized spacial score (nSPS) is 45.8. The third-order valence-electron chi connectivity index (χ3n) is 3.33. The molecule has 2 nitrogen and oxygen atoms in total. The van der Waals surface area contributed by atoms with E-state index in [1.807, 2.05) is 6.92 Å². The minimum absolute atomic E-state index is 0.0944. The van der Waals surface area contributed by atoms with Crippen LogP contribution in [0.4, 0.5) is 0 Å². The summed E-state index contributed by atoms with van der Waals surface area (Å²) in [5.74, 6) is 1.39. The van der Waals surface area contributed by atoms with Crippen molar-refractivity contribution in [2.24, 2.45) is 11.8 Å². The van der Waals surface area contributed by atoms with Gasteiger partial charge < -0.3 is 10.0 Å². The Morgan fingerprint density at radius 1 is 1.36 bits per heavy atom. The van der Waals surface area contributed by atoms with Gasteiger partial charge in [0, 0.05) is 12.5 Å². The van der Waals surface area contributed by atoms with E-state index in [0.717, 1.165) is 12.5 Å². The molecule has 0 amide bonds. The van der Waals surface area contributed by atoms with Crippen molar-refractivity contribution < 1.29 is 5.11 Å². The predicted molar refractivity (Wildman–Crippen MR) is 44.3 cm³/mol. The van der Waals surface area contributed by atoms with Gasteiger partial charge in [0.2, 0.25) is 0 Å². The van der Waals surface area contributed by atoms with Gasteiger partial charge in [-0.2, -0.15) is 0 Å². The van der Waals surface area contributed by atoms with Gasteiger partial charge in [0.05, 0.1) is 6.10 Å². The SMILES string of the molecule is C[C@H](O)[C@H]1CN2CCC1CC2. The zero-order chi connectivity index (χ0) is 7.84. The molecule has 0 unspecified atom stereocenters. The molecule has 3 fully saturated rings. The molecular weight excluding hydrogens is 138 g/mol. The van der Waals surface area contributed by atoms with Crippen LogP contribution in [0.1, 0.15) is 19.8 Å². The summed E-state index contributed by atoms with van der Waals surface area (Å²) in [6.45, 7) is 5.62. The van der Waals surface area contributed by atoms with Crippen molar-refractivity contribution >= 4 is 0 Å². The Morgan fingerprint density at radius 3 is 2.27 bits per heavy atom. The van der Waals surface area contributed by atoms with Crippen molar-refractivity contribution in [3.05, 3.63) is 0 Å². The molecule has 3 heterocycles. The summed E-state index contributed by atoms with van der Waals surface area (Å²) in [7, 11) is 0. The number of nitrogens with zero attached hydrogens (tertiary/aromatic N) is 1. The number of aliphatic hydroxyl groups is 1. The second kappa shape index (κ2) is 2.76. The van der Waals surface area contributed by atoms with Crippen LogP contribution >= 0.6 is 0 Å².